The molecule has 9 heteroatoms. The summed E-state index contributed by atoms with van der Waals surface area (Å²) >= 11 is 0. The van der Waals surface area contributed by atoms with Crippen molar-refractivity contribution in [2.24, 2.45) is 0 Å². The number of likely N-dealkylation sites (tertiary alicyclic amines) is 1. The fourth-order valence-corrected chi connectivity index (χ4v) is 10.0. The number of nitrogens with zero attached hydrogens (tertiary/aromatic N) is 1. The summed E-state index contributed by atoms with van der Waals surface area (Å²) in [6.07, 6.45) is 15.0. The van der Waals surface area contributed by atoms with Gasteiger partial charge < -0.3 is 15.3 Å². The van der Waals surface area contributed by atoms with Crippen LogP contribution in [-0.4, -0.2) is 48.1 Å². The quantitative estimate of drug-likeness (QED) is 0.149. The van der Waals surface area contributed by atoms with Crippen molar-refractivity contribution in [2.75, 3.05) is 26.2 Å². The average Bonchev–Trinajstić information content (AvgIpc) is 3.89. The van der Waals surface area contributed by atoms with E-state index >= 15 is 0 Å². The second-order valence-electron chi connectivity index (χ2n) is 17.7. The van der Waals surface area contributed by atoms with Crippen molar-refractivity contribution in [3.63, 3.8) is 0 Å². The molecule has 10 rings (SSSR count). The third-order valence-corrected chi connectivity index (χ3v) is 13.7. The van der Waals surface area contributed by atoms with E-state index < -0.39 is 5.97 Å². The lowest BCUT2D eigenvalue weighted by molar-refractivity contribution is -0.136. The molecule has 0 saturated carbocycles. The van der Waals surface area contributed by atoms with Gasteiger partial charge in [-0.25, -0.2) is 17.6 Å². The fraction of sp³-hybridized carbons (Fsp3) is 0.241. The van der Waals surface area contributed by atoms with Gasteiger partial charge in [-0.15, -0.1) is 0 Å². The van der Waals surface area contributed by atoms with E-state index in [2.05, 4.69) is 66.0 Å². The average molecular weight is 903 g/mol. The lowest BCUT2D eigenvalue weighted by atomic mass is 9.74. The highest BCUT2D eigenvalue weighted by Gasteiger charge is 2.41. The highest BCUT2D eigenvalue weighted by molar-refractivity contribution is 5.85. The zero-order chi connectivity index (χ0) is 46.8. The van der Waals surface area contributed by atoms with Crippen LogP contribution in [0.25, 0.3) is 17.2 Å². The molecule has 342 valence electrons. The number of carboxylic acids is 1. The molecule has 0 radical (unpaired) electrons. The molecule has 2 saturated heterocycles. The predicted molar refractivity (Wildman–Crippen MR) is 258 cm³/mol. The minimum atomic E-state index is -0.966. The molecule has 1 amide bonds. The molecule has 67 heavy (non-hydrogen) atoms. The number of aliphatic carboxylic acids is 1. The van der Waals surface area contributed by atoms with E-state index in [1.807, 2.05) is 11.0 Å². The maximum Gasteiger partial charge on any atom is 0.307 e. The second kappa shape index (κ2) is 21.2. The van der Waals surface area contributed by atoms with E-state index in [4.69, 9.17) is 5.11 Å². The summed E-state index contributed by atoms with van der Waals surface area (Å²) in [5.41, 5.74) is 10.9. The molecule has 0 aromatic heterocycles. The SMILES string of the molecule is C1=CC2(CCNCC2)c2ccccc21.O=C(CC=C(c1ccc(F)cc1)c1ccc(F)cc1)N1CCC2(CCc3ccccc32)CC1.O=C(O)CC=C(c1ccc(F)cc1)c1ccc(F)cc1. The van der Waals surface area contributed by atoms with Gasteiger partial charge in [-0.2, -0.15) is 0 Å². The topological polar surface area (TPSA) is 69.6 Å². The maximum atomic E-state index is 13.5. The van der Waals surface area contributed by atoms with Gasteiger partial charge in [0, 0.05) is 24.9 Å². The molecular formula is C58H54F4N2O3. The molecule has 0 unspecified atom stereocenters. The van der Waals surface area contributed by atoms with Crippen molar-refractivity contribution in [2.45, 2.75) is 62.2 Å². The van der Waals surface area contributed by atoms with Crippen LogP contribution in [0.5, 0.6) is 0 Å². The normalized spacial score (nSPS) is 15.9. The molecule has 6 aromatic rings. The molecular weight excluding hydrogens is 849 g/mol. The van der Waals surface area contributed by atoms with Crippen LogP contribution in [0, 0.1) is 23.3 Å². The van der Waals surface area contributed by atoms with Crippen molar-refractivity contribution in [1.29, 1.82) is 0 Å². The van der Waals surface area contributed by atoms with Gasteiger partial charge in [0.2, 0.25) is 5.91 Å². The number of aryl methyl sites for hydroxylation is 1. The van der Waals surface area contributed by atoms with Gasteiger partial charge in [-0.3, -0.25) is 9.59 Å². The van der Waals surface area contributed by atoms with Gasteiger partial charge in [0.25, 0.3) is 0 Å². The van der Waals surface area contributed by atoms with Gasteiger partial charge in [0.05, 0.1) is 6.42 Å². The van der Waals surface area contributed by atoms with E-state index in [1.165, 1.54) is 90.6 Å². The number of rotatable bonds is 8. The lowest BCUT2D eigenvalue weighted by Gasteiger charge is -2.40. The van der Waals surface area contributed by atoms with Crippen LogP contribution in [0.1, 0.15) is 89.5 Å². The molecule has 5 nitrogen and oxygen atoms in total. The Morgan fingerprint density at radius 2 is 1.00 bits per heavy atom. The van der Waals surface area contributed by atoms with Crippen molar-refractivity contribution in [3.8, 4) is 0 Å². The molecule has 4 aliphatic rings. The molecule has 6 aromatic carbocycles. The molecule has 2 aliphatic carbocycles. The van der Waals surface area contributed by atoms with Gasteiger partial charge in [-0.1, -0.05) is 121 Å². The Balaban J connectivity index is 0.000000151. The number of fused-ring (bicyclic) bond motifs is 4. The van der Waals surface area contributed by atoms with Crippen LogP contribution in [0.2, 0.25) is 0 Å². The van der Waals surface area contributed by atoms with Crippen molar-refractivity contribution < 1.29 is 32.3 Å². The number of halogens is 4. The van der Waals surface area contributed by atoms with Gasteiger partial charge in [0.15, 0.2) is 0 Å². The fourth-order valence-electron chi connectivity index (χ4n) is 10.0. The minimum Gasteiger partial charge on any atom is -0.481 e. The Morgan fingerprint density at radius 1 is 0.552 bits per heavy atom. The Hall–Kier alpha value is -6.84. The van der Waals surface area contributed by atoms with Crippen LogP contribution in [0.4, 0.5) is 17.6 Å². The first-order valence-electron chi connectivity index (χ1n) is 23.0. The monoisotopic (exact) mass is 902 g/mol. The van der Waals surface area contributed by atoms with E-state index in [0.29, 0.717) is 22.1 Å². The first-order chi connectivity index (χ1) is 32.5. The Morgan fingerprint density at radius 3 is 1.49 bits per heavy atom. The van der Waals surface area contributed by atoms with E-state index in [-0.39, 0.29) is 47.4 Å². The van der Waals surface area contributed by atoms with E-state index in [9.17, 15) is 27.2 Å². The molecule has 2 fully saturated rings. The number of allylic oxidation sites excluding steroid dienone is 1. The molecule has 2 spiro atoms. The van der Waals surface area contributed by atoms with E-state index in [0.717, 1.165) is 62.1 Å². The highest BCUT2D eigenvalue weighted by Crippen LogP contribution is 2.46. The summed E-state index contributed by atoms with van der Waals surface area (Å²) in [5.74, 6) is -2.24. The number of hydrogen-bond acceptors (Lipinski definition) is 3. The first-order valence-corrected chi connectivity index (χ1v) is 23.0. The second-order valence-corrected chi connectivity index (χ2v) is 17.7. The van der Waals surface area contributed by atoms with E-state index in [1.54, 1.807) is 54.1 Å². The largest absolute Gasteiger partial charge is 0.481 e. The van der Waals surface area contributed by atoms with Gasteiger partial charge >= 0.3 is 5.97 Å². The third-order valence-electron chi connectivity index (χ3n) is 13.7. The van der Waals surface area contributed by atoms with Crippen LogP contribution in [0.15, 0.2) is 164 Å². The zero-order valence-electron chi connectivity index (χ0n) is 37.4. The maximum absolute atomic E-state index is 13.5. The number of benzene rings is 6. The number of amides is 1. The molecule has 2 aliphatic heterocycles. The predicted octanol–water partition coefficient (Wildman–Crippen LogP) is 12.5. The van der Waals surface area contributed by atoms with Crippen molar-refractivity contribution >= 4 is 29.1 Å². The summed E-state index contributed by atoms with van der Waals surface area (Å²) in [6, 6.07) is 41.4. The smallest absolute Gasteiger partial charge is 0.307 e. The number of carboxylic acid groups (broad SMARTS) is 1. The van der Waals surface area contributed by atoms with Gasteiger partial charge in [0.1, 0.15) is 23.3 Å². The molecule has 2 N–H and O–H groups in total. The summed E-state index contributed by atoms with van der Waals surface area (Å²) in [5, 5.41) is 12.2. The number of carbonyl (C=O) groups excluding carboxylic acids is 1. The summed E-state index contributed by atoms with van der Waals surface area (Å²) < 4.78 is 52.8. The number of hydrogen-bond donors (Lipinski definition) is 2. The molecule has 0 bridgehead atoms. The zero-order valence-corrected chi connectivity index (χ0v) is 37.4. The van der Waals surface area contributed by atoms with Crippen LogP contribution in [0.3, 0.4) is 0 Å². The van der Waals surface area contributed by atoms with Crippen LogP contribution < -0.4 is 5.32 Å². The summed E-state index contributed by atoms with van der Waals surface area (Å²) in [6.45, 7) is 3.84. The highest BCUT2D eigenvalue weighted by atomic mass is 19.1. The molecule has 0 atom stereocenters. The Kier molecular flexibility index (Phi) is 14.8. The third kappa shape index (κ3) is 11.2. The standard InChI is InChI=1S/C29H27F2NO.C16H12F2O2.C13H15N/c30-24-9-5-21(6-10-24)26(22-7-11-25(31)12-8-22)13-14-28(33)32-19-17-29(18-20-32)16-15-23-3-1-2-4-27(23)29;17-13-5-1-11(2-6-13)15(9-10-16(19)20)12-3-7-14(18)8-4-12;1-2-4-12-11(3-1)5-6-13(12)7-9-14-10-8-13/h1-13H,14-20H2;1-9H,10H2,(H,19,20);1-6,14H,7-10H2. The van der Waals surface area contributed by atoms with Gasteiger partial charge in [-0.05, 0) is 161 Å². The number of carbonyl (C=O) groups is 2. The Bertz CT molecular complexity index is 2650. The van der Waals surface area contributed by atoms with Crippen LogP contribution in [-0.2, 0) is 26.8 Å². The number of piperidine rings is 2. The van der Waals surface area contributed by atoms with Crippen molar-refractivity contribution in [3.05, 3.63) is 232 Å². The first kappa shape index (κ1) is 46.7. The minimum absolute atomic E-state index is 0.0952. The number of nitrogens with one attached hydrogen (secondary N) is 1. The lowest BCUT2D eigenvalue weighted by Crippen LogP contribution is -2.44. The molecule has 2 heterocycles. The van der Waals surface area contributed by atoms with Crippen molar-refractivity contribution in [1.82, 2.24) is 10.2 Å². The summed E-state index contributed by atoms with van der Waals surface area (Å²) in [4.78, 5) is 25.8. The van der Waals surface area contributed by atoms with Crippen LogP contribution >= 0.6 is 0 Å². The Labute approximate surface area is 390 Å². The summed E-state index contributed by atoms with van der Waals surface area (Å²) in [7, 11) is 0.